The number of methoxy groups -OCH3 is 2. The summed E-state index contributed by atoms with van der Waals surface area (Å²) in [6.07, 6.45) is 6.81. The molecular weight excluding hydrogens is 208 g/mol. The lowest BCUT2D eigenvalue weighted by molar-refractivity contribution is -0.138. The van der Waals surface area contributed by atoms with Gasteiger partial charge in [-0.25, -0.2) is 9.59 Å². The van der Waals surface area contributed by atoms with Crippen molar-refractivity contribution in [3.8, 4) is 0 Å². The molecule has 1 aliphatic rings. The van der Waals surface area contributed by atoms with Gasteiger partial charge < -0.3 is 9.47 Å². The van der Waals surface area contributed by atoms with Gasteiger partial charge in [0.1, 0.15) is 0 Å². The van der Waals surface area contributed by atoms with Gasteiger partial charge in [0, 0.05) is 0 Å². The molecule has 0 saturated carbocycles. The SMILES string of the molecule is COC(=O)C1=C(C(=O)OC)C=CC(C)C=C1. The van der Waals surface area contributed by atoms with Gasteiger partial charge in [-0.05, 0) is 5.92 Å². The first-order valence-electron chi connectivity index (χ1n) is 4.87. The standard InChI is InChI=1S/C12H14O4/c1-8-4-6-9(11(13)15-2)10(7-5-8)12(14)16-3/h4-8H,1-3H3. The smallest absolute Gasteiger partial charge is 0.338 e. The number of carbonyl (C=O) groups is 2. The maximum Gasteiger partial charge on any atom is 0.338 e. The van der Waals surface area contributed by atoms with E-state index in [4.69, 9.17) is 0 Å². The van der Waals surface area contributed by atoms with Crippen molar-refractivity contribution in [3.05, 3.63) is 35.5 Å². The molecular formula is C12H14O4. The average molecular weight is 222 g/mol. The van der Waals surface area contributed by atoms with Crippen LogP contribution in [0.15, 0.2) is 35.5 Å². The maximum absolute atomic E-state index is 11.5. The highest BCUT2D eigenvalue weighted by molar-refractivity contribution is 6.04. The topological polar surface area (TPSA) is 52.6 Å². The van der Waals surface area contributed by atoms with Gasteiger partial charge in [0.05, 0.1) is 25.4 Å². The van der Waals surface area contributed by atoms with Crippen molar-refractivity contribution in [2.75, 3.05) is 14.2 Å². The summed E-state index contributed by atoms with van der Waals surface area (Å²) in [5.74, 6) is -0.937. The summed E-state index contributed by atoms with van der Waals surface area (Å²) in [6.45, 7) is 1.95. The molecule has 0 aromatic rings. The van der Waals surface area contributed by atoms with Crippen LogP contribution in [0.25, 0.3) is 0 Å². The van der Waals surface area contributed by atoms with Crippen LogP contribution < -0.4 is 0 Å². The molecule has 1 aliphatic carbocycles. The van der Waals surface area contributed by atoms with Crippen molar-refractivity contribution in [2.24, 2.45) is 5.92 Å². The molecule has 86 valence electrons. The summed E-state index contributed by atoms with van der Waals surface area (Å²) in [6, 6.07) is 0. The Kier molecular flexibility index (Phi) is 4.05. The van der Waals surface area contributed by atoms with E-state index in [9.17, 15) is 9.59 Å². The van der Waals surface area contributed by atoms with Crippen LogP contribution in [0, 0.1) is 5.92 Å². The summed E-state index contributed by atoms with van der Waals surface area (Å²) >= 11 is 0. The molecule has 0 fully saturated rings. The lowest BCUT2D eigenvalue weighted by atomic mass is 10.1. The van der Waals surface area contributed by atoms with Crippen LogP contribution in [0.1, 0.15) is 6.92 Å². The molecule has 0 spiro atoms. The largest absolute Gasteiger partial charge is 0.465 e. The van der Waals surface area contributed by atoms with Crippen molar-refractivity contribution < 1.29 is 19.1 Å². The minimum absolute atomic E-state index is 0.154. The van der Waals surface area contributed by atoms with E-state index in [2.05, 4.69) is 9.47 Å². The number of hydrogen-bond acceptors (Lipinski definition) is 4. The lowest BCUT2D eigenvalue weighted by Gasteiger charge is -2.04. The predicted octanol–water partition coefficient (Wildman–Crippen LogP) is 1.39. The third kappa shape index (κ3) is 2.59. The summed E-state index contributed by atoms with van der Waals surface area (Å²) in [5.41, 5.74) is 0.435. The first-order valence-corrected chi connectivity index (χ1v) is 4.87. The molecule has 0 heterocycles. The van der Waals surface area contributed by atoms with Crippen LogP contribution in [0.5, 0.6) is 0 Å². The third-order valence-corrected chi connectivity index (χ3v) is 2.23. The van der Waals surface area contributed by atoms with Crippen molar-refractivity contribution >= 4 is 11.9 Å². The van der Waals surface area contributed by atoms with Crippen molar-refractivity contribution in [1.29, 1.82) is 0 Å². The Morgan fingerprint density at radius 1 is 1.00 bits per heavy atom. The quantitative estimate of drug-likeness (QED) is 0.662. The third-order valence-electron chi connectivity index (χ3n) is 2.23. The number of ether oxygens (including phenoxy) is 2. The normalized spacial score (nSPS) is 15.9. The monoisotopic (exact) mass is 222 g/mol. The van der Waals surface area contributed by atoms with Gasteiger partial charge in [-0.2, -0.15) is 0 Å². The zero-order chi connectivity index (χ0) is 12.1. The molecule has 1 rings (SSSR count). The Labute approximate surface area is 94.2 Å². The van der Waals surface area contributed by atoms with E-state index in [-0.39, 0.29) is 17.1 Å². The Morgan fingerprint density at radius 2 is 1.38 bits per heavy atom. The van der Waals surface area contributed by atoms with Crippen molar-refractivity contribution in [3.63, 3.8) is 0 Å². The molecule has 0 N–H and O–H groups in total. The van der Waals surface area contributed by atoms with Crippen LogP contribution >= 0.6 is 0 Å². The Morgan fingerprint density at radius 3 is 1.69 bits per heavy atom. The van der Waals surface area contributed by atoms with Crippen molar-refractivity contribution in [1.82, 2.24) is 0 Å². The number of esters is 2. The summed E-state index contributed by atoms with van der Waals surface area (Å²) in [5, 5.41) is 0. The van der Waals surface area contributed by atoms with Gasteiger partial charge in [-0.1, -0.05) is 31.2 Å². The number of hydrogen-bond donors (Lipinski definition) is 0. The average Bonchev–Trinajstić information content (AvgIpc) is 2.49. The predicted molar refractivity (Wildman–Crippen MR) is 58.5 cm³/mol. The molecule has 0 atom stereocenters. The molecule has 0 aromatic carbocycles. The van der Waals surface area contributed by atoms with Crippen LogP contribution in [0.2, 0.25) is 0 Å². The molecule has 0 amide bonds. The van der Waals surface area contributed by atoms with Gasteiger partial charge >= 0.3 is 11.9 Å². The fraction of sp³-hybridized carbons (Fsp3) is 0.333. The molecule has 4 nitrogen and oxygen atoms in total. The Bertz CT molecular complexity index is 352. The van der Waals surface area contributed by atoms with E-state index >= 15 is 0 Å². The molecule has 0 radical (unpaired) electrons. The minimum Gasteiger partial charge on any atom is -0.465 e. The zero-order valence-electron chi connectivity index (χ0n) is 9.52. The Hall–Kier alpha value is -1.84. The molecule has 0 aliphatic heterocycles. The van der Waals surface area contributed by atoms with E-state index in [1.165, 1.54) is 14.2 Å². The summed E-state index contributed by atoms with van der Waals surface area (Å²) in [7, 11) is 2.55. The zero-order valence-corrected chi connectivity index (χ0v) is 9.52. The van der Waals surface area contributed by atoms with Crippen molar-refractivity contribution in [2.45, 2.75) is 6.92 Å². The fourth-order valence-electron chi connectivity index (χ4n) is 1.32. The van der Waals surface area contributed by atoms with Crippen LogP contribution in [-0.4, -0.2) is 26.2 Å². The number of rotatable bonds is 2. The van der Waals surface area contributed by atoms with Gasteiger partial charge in [0.25, 0.3) is 0 Å². The molecule has 16 heavy (non-hydrogen) atoms. The highest BCUT2D eigenvalue weighted by Crippen LogP contribution is 2.18. The van der Waals surface area contributed by atoms with E-state index in [1.54, 1.807) is 12.2 Å². The Balaban J connectivity index is 3.22. The second-order valence-electron chi connectivity index (χ2n) is 3.39. The van der Waals surface area contributed by atoms with E-state index in [1.807, 2.05) is 19.1 Å². The second-order valence-corrected chi connectivity index (χ2v) is 3.39. The number of carbonyl (C=O) groups excluding carboxylic acids is 2. The second kappa shape index (κ2) is 5.30. The minimum atomic E-state index is -0.546. The lowest BCUT2D eigenvalue weighted by Crippen LogP contribution is -2.12. The highest BCUT2D eigenvalue weighted by Gasteiger charge is 2.19. The first-order chi connectivity index (χ1) is 7.60. The first kappa shape index (κ1) is 12.2. The molecule has 0 unspecified atom stereocenters. The van der Waals surface area contributed by atoms with Crippen LogP contribution in [-0.2, 0) is 19.1 Å². The highest BCUT2D eigenvalue weighted by atomic mass is 16.5. The molecule has 4 heteroatoms. The van der Waals surface area contributed by atoms with Gasteiger partial charge in [0.15, 0.2) is 0 Å². The van der Waals surface area contributed by atoms with Gasteiger partial charge in [-0.15, -0.1) is 0 Å². The molecule has 0 bridgehead atoms. The molecule has 0 saturated heterocycles. The van der Waals surface area contributed by atoms with E-state index in [0.717, 1.165) is 0 Å². The maximum atomic E-state index is 11.5. The van der Waals surface area contributed by atoms with Crippen LogP contribution in [0.4, 0.5) is 0 Å². The number of allylic oxidation sites excluding steroid dienone is 2. The fourth-order valence-corrected chi connectivity index (χ4v) is 1.32. The summed E-state index contributed by atoms with van der Waals surface area (Å²) < 4.78 is 9.23. The van der Waals surface area contributed by atoms with Gasteiger partial charge in [0.2, 0.25) is 0 Å². The summed E-state index contributed by atoms with van der Waals surface area (Å²) in [4.78, 5) is 23.0. The van der Waals surface area contributed by atoms with Gasteiger partial charge in [-0.3, -0.25) is 0 Å². The van der Waals surface area contributed by atoms with E-state index in [0.29, 0.717) is 0 Å². The molecule has 0 aromatic heterocycles. The van der Waals surface area contributed by atoms with E-state index < -0.39 is 11.9 Å². The van der Waals surface area contributed by atoms with Crippen LogP contribution in [0.3, 0.4) is 0 Å².